The molecule has 4 rings (SSSR count). The first-order chi connectivity index (χ1) is 20.8. The van der Waals surface area contributed by atoms with Gasteiger partial charge in [-0.05, 0) is 103 Å². The van der Waals surface area contributed by atoms with Crippen LogP contribution in [-0.4, -0.2) is 38.1 Å². The van der Waals surface area contributed by atoms with Gasteiger partial charge in [0, 0.05) is 16.1 Å². The predicted octanol–water partition coefficient (Wildman–Crippen LogP) is 9.77. The third-order valence-corrected chi connectivity index (χ3v) is 10.2. The smallest absolute Gasteiger partial charge is 0.269 e. The standard InChI is InChI=1S/C36H46ClN3O3S/c1-10-39(11-2)22-43-30-15-13-29(14-16-30)40(35-18-26(9)38-34-21-28(37)12-17-31(34)35)44(41,42)36-32(24(5)6)19-27(23(3)4)20-33(36)25(7)8/h12-21,23-25H,10-11,22H2,1-9H3. The van der Waals surface area contributed by atoms with Crippen LogP contribution in [0.25, 0.3) is 10.9 Å². The maximum absolute atomic E-state index is 15.3. The fourth-order valence-electron chi connectivity index (χ4n) is 5.42. The highest BCUT2D eigenvalue weighted by atomic mass is 35.5. The Kier molecular flexibility index (Phi) is 10.7. The van der Waals surface area contributed by atoms with Crippen LogP contribution in [0.1, 0.15) is 95.5 Å². The van der Waals surface area contributed by atoms with E-state index in [0.717, 1.165) is 29.8 Å². The fourth-order valence-corrected chi connectivity index (χ4v) is 7.76. The molecule has 0 atom stereocenters. The second-order valence-corrected chi connectivity index (χ2v) is 14.4. The highest BCUT2D eigenvalue weighted by Gasteiger charge is 2.34. The first kappa shape index (κ1) is 33.8. The highest BCUT2D eigenvalue weighted by Crippen LogP contribution is 2.43. The molecule has 0 spiro atoms. The van der Waals surface area contributed by atoms with Crippen LogP contribution in [0.15, 0.2) is 65.6 Å². The van der Waals surface area contributed by atoms with Gasteiger partial charge in [-0.3, -0.25) is 9.88 Å². The zero-order valence-corrected chi connectivity index (χ0v) is 29.1. The topological polar surface area (TPSA) is 62.7 Å². The average Bonchev–Trinajstić information content (AvgIpc) is 2.97. The Bertz CT molecular complexity index is 1680. The summed E-state index contributed by atoms with van der Waals surface area (Å²) >= 11 is 6.36. The summed E-state index contributed by atoms with van der Waals surface area (Å²) in [5, 5.41) is 1.24. The number of hydrogen-bond donors (Lipinski definition) is 0. The van der Waals surface area contributed by atoms with Gasteiger partial charge in [-0.2, -0.15) is 0 Å². The van der Waals surface area contributed by atoms with Crippen molar-refractivity contribution in [3.05, 3.63) is 88.1 Å². The molecule has 0 aliphatic heterocycles. The van der Waals surface area contributed by atoms with Crippen molar-refractivity contribution < 1.29 is 13.2 Å². The molecule has 0 unspecified atom stereocenters. The SMILES string of the molecule is CCN(CC)COc1ccc(N(c2cc(C)nc3cc(Cl)ccc23)S(=O)(=O)c2c(C(C)C)cc(C(C)C)cc2C(C)C)cc1. The fraction of sp³-hybridized carbons (Fsp3) is 0.417. The number of aryl methyl sites for hydroxylation is 1. The predicted molar refractivity (Wildman–Crippen MR) is 184 cm³/mol. The molecule has 3 aromatic carbocycles. The molecule has 6 nitrogen and oxygen atoms in total. The lowest BCUT2D eigenvalue weighted by Gasteiger charge is -2.30. The second-order valence-electron chi connectivity index (χ2n) is 12.3. The maximum Gasteiger partial charge on any atom is 0.269 e. The van der Waals surface area contributed by atoms with Crippen molar-refractivity contribution >= 4 is 43.9 Å². The summed E-state index contributed by atoms with van der Waals surface area (Å²) in [6, 6.07) is 18.7. The highest BCUT2D eigenvalue weighted by molar-refractivity contribution is 7.93. The van der Waals surface area contributed by atoms with E-state index < -0.39 is 10.0 Å². The van der Waals surface area contributed by atoms with E-state index >= 15 is 8.42 Å². The summed E-state index contributed by atoms with van der Waals surface area (Å²) < 4.78 is 38.1. The number of halogens is 1. The minimum atomic E-state index is -4.14. The van der Waals surface area contributed by atoms with E-state index in [9.17, 15) is 0 Å². The van der Waals surface area contributed by atoms with Crippen LogP contribution in [0.2, 0.25) is 5.02 Å². The van der Waals surface area contributed by atoms with Gasteiger partial charge in [-0.15, -0.1) is 0 Å². The van der Waals surface area contributed by atoms with Gasteiger partial charge in [-0.1, -0.05) is 79.1 Å². The molecule has 0 aliphatic carbocycles. The molecular weight excluding hydrogens is 590 g/mol. The molecule has 0 saturated carbocycles. The molecule has 236 valence electrons. The molecule has 0 radical (unpaired) electrons. The minimum absolute atomic E-state index is 0.0107. The molecule has 0 fully saturated rings. The quantitative estimate of drug-likeness (QED) is 0.145. The Balaban J connectivity index is 2.02. The van der Waals surface area contributed by atoms with Gasteiger partial charge in [0.05, 0.1) is 21.8 Å². The second kappa shape index (κ2) is 13.9. The summed E-state index contributed by atoms with van der Waals surface area (Å²) in [7, 11) is -4.14. The molecule has 0 aliphatic rings. The Morgan fingerprint density at radius 1 is 0.818 bits per heavy atom. The van der Waals surface area contributed by atoms with E-state index in [2.05, 4.69) is 72.4 Å². The van der Waals surface area contributed by atoms with Gasteiger partial charge in [0.15, 0.2) is 0 Å². The van der Waals surface area contributed by atoms with Crippen molar-refractivity contribution in [1.82, 2.24) is 9.88 Å². The number of nitrogens with zero attached hydrogens (tertiary/aromatic N) is 3. The Morgan fingerprint density at radius 3 is 1.93 bits per heavy atom. The average molecular weight is 636 g/mol. The molecule has 1 aromatic heterocycles. The van der Waals surface area contributed by atoms with Crippen LogP contribution < -0.4 is 9.04 Å². The molecule has 4 aromatic rings. The van der Waals surface area contributed by atoms with Crippen LogP contribution >= 0.6 is 11.6 Å². The maximum atomic E-state index is 15.3. The van der Waals surface area contributed by atoms with Gasteiger partial charge in [0.2, 0.25) is 0 Å². The van der Waals surface area contributed by atoms with Crippen molar-refractivity contribution in [3.8, 4) is 5.75 Å². The molecule has 0 saturated heterocycles. The van der Waals surface area contributed by atoms with Crippen molar-refractivity contribution in [2.75, 3.05) is 24.1 Å². The van der Waals surface area contributed by atoms with Gasteiger partial charge >= 0.3 is 0 Å². The van der Waals surface area contributed by atoms with Gasteiger partial charge in [-0.25, -0.2) is 12.7 Å². The van der Waals surface area contributed by atoms with Gasteiger partial charge in [0.25, 0.3) is 10.0 Å². The number of aromatic nitrogens is 1. The van der Waals surface area contributed by atoms with Crippen LogP contribution in [-0.2, 0) is 10.0 Å². The first-order valence-corrected chi connectivity index (χ1v) is 17.3. The third kappa shape index (κ3) is 7.06. The van der Waals surface area contributed by atoms with Crippen molar-refractivity contribution in [2.24, 2.45) is 0 Å². The minimum Gasteiger partial charge on any atom is -0.478 e. The summed E-state index contributed by atoms with van der Waals surface area (Å²) in [5.41, 5.74) is 5.15. The number of anilines is 2. The number of rotatable bonds is 12. The first-order valence-electron chi connectivity index (χ1n) is 15.5. The lowest BCUT2D eigenvalue weighted by molar-refractivity contribution is 0.137. The molecule has 44 heavy (non-hydrogen) atoms. The third-order valence-electron chi connectivity index (χ3n) is 8.05. The van der Waals surface area contributed by atoms with E-state index in [4.69, 9.17) is 21.3 Å². The molecule has 0 N–H and O–H groups in total. The van der Waals surface area contributed by atoms with Crippen LogP contribution in [0.3, 0.4) is 0 Å². The molecule has 1 heterocycles. The summed E-state index contributed by atoms with van der Waals surface area (Å²) in [4.78, 5) is 7.23. The van der Waals surface area contributed by atoms with Crippen LogP contribution in [0.5, 0.6) is 5.75 Å². The molecular formula is C36H46ClN3O3S. The Morgan fingerprint density at radius 2 is 1.41 bits per heavy atom. The number of ether oxygens (including phenoxy) is 1. The molecule has 8 heteroatoms. The molecule has 0 bridgehead atoms. The van der Waals surface area contributed by atoms with E-state index in [1.807, 2.05) is 43.3 Å². The number of pyridine rings is 1. The van der Waals surface area contributed by atoms with Crippen molar-refractivity contribution in [2.45, 2.75) is 85.0 Å². The summed E-state index contributed by atoms with van der Waals surface area (Å²) in [6.07, 6.45) is 0. The number of sulfonamides is 1. The summed E-state index contributed by atoms with van der Waals surface area (Å²) in [6.45, 7) is 20.8. The number of fused-ring (bicyclic) bond motifs is 1. The van der Waals surface area contributed by atoms with Gasteiger partial charge < -0.3 is 4.74 Å². The molecule has 0 amide bonds. The summed E-state index contributed by atoms with van der Waals surface area (Å²) in [5.74, 6) is 0.915. The van der Waals surface area contributed by atoms with E-state index in [1.54, 1.807) is 12.1 Å². The van der Waals surface area contributed by atoms with Crippen LogP contribution in [0, 0.1) is 6.92 Å². The van der Waals surface area contributed by atoms with Crippen LogP contribution in [0.4, 0.5) is 11.4 Å². The van der Waals surface area contributed by atoms with E-state index in [-0.39, 0.29) is 17.8 Å². The number of benzene rings is 3. The lowest BCUT2D eigenvalue weighted by atomic mass is 9.89. The Labute approximate surface area is 269 Å². The van der Waals surface area contributed by atoms with Crippen molar-refractivity contribution in [3.63, 3.8) is 0 Å². The number of hydrogen-bond acceptors (Lipinski definition) is 5. The zero-order valence-electron chi connectivity index (χ0n) is 27.5. The zero-order chi connectivity index (χ0) is 32.3. The van der Waals surface area contributed by atoms with Crippen molar-refractivity contribution in [1.29, 1.82) is 0 Å². The van der Waals surface area contributed by atoms with Gasteiger partial charge in [0.1, 0.15) is 12.5 Å². The van der Waals surface area contributed by atoms with E-state index in [0.29, 0.717) is 50.4 Å². The lowest BCUT2D eigenvalue weighted by Crippen LogP contribution is -2.29. The largest absolute Gasteiger partial charge is 0.478 e. The normalized spacial score (nSPS) is 12.2. The monoisotopic (exact) mass is 635 g/mol. The Hall–Kier alpha value is -3.13. The van der Waals surface area contributed by atoms with E-state index in [1.165, 1.54) is 4.31 Å².